The summed E-state index contributed by atoms with van der Waals surface area (Å²) >= 11 is 0. The van der Waals surface area contributed by atoms with Gasteiger partial charge in [0.25, 0.3) is 0 Å². The van der Waals surface area contributed by atoms with E-state index in [0.717, 1.165) is 17.7 Å². The van der Waals surface area contributed by atoms with Crippen LogP contribution in [0.15, 0.2) is 53.4 Å². The molecule has 0 aromatic heterocycles. The first-order valence-corrected chi connectivity index (χ1v) is 7.83. The molecule has 0 aliphatic rings. The van der Waals surface area contributed by atoms with Gasteiger partial charge in [-0.1, -0.05) is 18.2 Å². The molecule has 21 heavy (non-hydrogen) atoms. The van der Waals surface area contributed by atoms with Crippen molar-refractivity contribution in [1.82, 2.24) is 4.72 Å². The van der Waals surface area contributed by atoms with Crippen molar-refractivity contribution in [3.8, 4) is 5.75 Å². The first-order valence-electron chi connectivity index (χ1n) is 6.35. The fraction of sp³-hybridized carbons (Fsp3) is 0.200. The topological polar surface area (TPSA) is 55.4 Å². The zero-order chi connectivity index (χ0) is 15.5. The molecule has 2 aromatic rings. The van der Waals surface area contributed by atoms with Crippen LogP contribution in [0.4, 0.5) is 4.39 Å². The minimum absolute atomic E-state index is 0.0191. The molecule has 0 amide bonds. The summed E-state index contributed by atoms with van der Waals surface area (Å²) in [5.74, 6) is 0.124. The largest absolute Gasteiger partial charge is 0.496 e. The number of hydrogen-bond acceptors (Lipinski definition) is 3. The van der Waals surface area contributed by atoms with Gasteiger partial charge < -0.3 is 4.74 Å². The van der Waals surface area contributed by atoms with Gasteiger partial charge in [-0.3, -0.25) is 0 Å². The zero-order valence-electron chi connectivity index (χ0n) is 11.7. The molecule has 0 aliphatic heterocycles. The van der Waals surface area contributed by atoms with Gasteiger partial charge >= 0.3 is 0 Å². The number of para-hydroxylation sites is 1. The monoisotopic (exact) mass is 309 g/mol. The van der Waals surface area contributed by atoms with E-state index in [-0.39, 0.29) is 4.90 Å². The average Bonchev–Trinajstić information content (AvgIpc) is 2.47. The highest BCUT2D eigenvalue weighted by Gasteiger charge is 2.20. The van der Waals surface area contributed by atoms with Gasteiger partial charge in [0.2, 0.25) is 10.0 Å². The van der Waals surface area contributed by atoms with Gasteiger partial charge in [-0.25, -0.2) is 17.5 Å². The number of ether oxygens (including phenoxy) is 1. The Hall–Kier alpha value is -1.92. The van der Waals surface area contributed by atoms with Crippen LogP contribution in [0.3, 0.4) is 0 Å². The first-order chi connectivity index (χ1) is 9.94. The maximum atomic E-state index is 12.9. The van der Waals surface area contributed by atoms with Crippen molar-refractivity contribution in [3.63, 3.8) is 0 Å². The number of rotatable bonds is 5. The molecule has 1 atom stereocenters. The fourth-order valence-corrected chi connectivity index (χ4v) is 3.23. The van der Waals surface area contributed by atoms with Crippen molar-refractivity contribution in [2.75, 3.05) is 7.11 Å². The van der Waals surface area contributed by atoms with Gasteiger partial charge in [0, 0.05) is 11.6 Å². The Morgan fingerprint density at radius 1 is 1.10 bits per heavy atom. The van der Waals surface area contributed by atoms with E-state index in [9.17, 15) is 12.8 Å². The van der Waals surface area contributed by atoms with Crippen LogP contribution in [0, 0.1) is 5.82 Å². The third-order valence-electron chi connectivity index (χ3n) is 3.06. The lowest BCUT2D eigenvalue weighted by Gasteiger charge is -2.17. The Balaban J connectivity index is 2.25. The number of nitrogens with one attached hydrogen (secondary N) is 1. The van der Waals surface area contributed by atoms with E-state index >= 15 is 0 Å². The summed E-state index contributed by atoms with van der Waals surface area (Å²) in [5.41, 5.74) is 0.727. The molecule has 4 nitrogen and oxygen atoms in total. The van der Waals surface area contributed by atoms with E-state index in [1.54, 1.807) is 25.1 Å². The van der Waals surface area contributed by atoms with Crippen LogP contribution < -0.4 is 9.46 Å². The highest BCUT2D eigenvalue weighted by Crippen LogP contribution is 2.25. The van der Waals surface area contributed by atoms with Crippen LogP contribution in [-0.2, 0) is 10.0 Å². The van der Waals surface area contributed by atoms with E-state index in [1.165, 1.54) is 19.2 Å². The molecule has 2 rings (SSSR count). The van der Waals surface area contributed by atoms with Gasteiger partial charge in [-0.2, -0.15) is 0 Å². The number of sulfonamides is 1. The number of halogens is 1. The average molecular weight is 309 g/mol. The highest BCUT2D eigenvalue weighted by molar-refractivity contribution is 7.89. The summed E-state index contributed by atoms with van der Waals surface area (Å²) in [5, 5.41) is 0. The summed E-state index contributed by atoms with van der Waals surface area (Å²) in [7, 11) is -2.19. The van der Waals surface area contributed by atoms with Gasteiger partial charge in [-0.15, -0.1) is 0 Å². The second kappa shape index (κ2) is 6.24. The lowest BCUT2D eigenvalue weighted by atomic mass is 10.1. The molecule has 2 aromatic carbocycles. The third kappa shape index (κ3) is 3.59. The zero-order valence-corrected chi connectivity index (χ0v) is 12.5. The predicted octanol–water partition coefficient (Wildman–Crippen LogP) is 2.87. The summed E-state index contributed by atoms with van der Waals surface area (Å²) < 4.78 is 45.1. The van der Waals surface area contributed by atoms with Gasteiger partial charge in [-0.05, 0) is 37.3 Å². The van der Waals surface area contributed by atoms with Crippen molar-refractivity contribution in [2.45, 2.75) is 17.9 Å². The SMILES string of the molecule is COc1ccccc1C(C)NS(=O)(=O)c1ccc(F)cc1. The Morgan fingerprint density at radius 3 is 2.33 bits per heavy atom. The Bertz CT molecular complexity index is 714. The summed E-state index contributed by atoms with van der Waals surface area (Å²) in [6, 6.07) is 11.4. The minimum atomic E-state index is -3.72. The van der Waals surface area contributed by atoms with Gasteiger partial charge in [0.05, 0.1) is 12.0 Å². The van der Waals surface area contributed by atoms with Crippen LogP contribution in [0.2, 0.25) is 0 Å². The van der Waals surface area contributed by atoms with Crippen LogP contribution in [0.25, 0.3) is 0 Å². The molecule has 1 N–H and O–H groups in total. The lowest BCUT2D eigenvalue weighted by molar-refractivity contribution is 0.405. The smallest absolute Gasteiger partial charge is 0.241 e. The minimum Gasteiger partial charge on any atom is -0.496 e. The maximum absolute atomic E-state index is 12.9. The van der Waals surface area contributed by atoms with Crippen LogP contribution >= 0.6 is 0 Å². The Morgan fingerprint density at radius 2 is 1.71 bits per heavy atom. The molecular formula is C15H16FNO3S. The quantitative estimate of drug-likeness (QED) is 0.924. The molecule has 0 bridgehead atoms. The van der Waals surface area contributed by atoms with Crippen molar-refractivity contribution in [3.05, 3.63) is 59.9 Å². The molecule has 112 valence electrons. The van der Waals surface area contributed by atoms with Gasteiger partial charge in [0.15, 0.2) is 0 Å². The molecule has 0 saturated heterocycles. The van der Waals surface area contributed by atoms with E-state index in [2.05, 4.69) is 4.72 Å². The molecule has 1 unspecified atom stereocenters. The summed E-state index contributed by atoms with van der Waals surface area (Å²) in [4.78, 5) is 0.0191. The molecule has 0 heterocycles. The van der Waals surface area contributed by atoms with Gasteiger partial charge in [0.1, 0.15) is 11.6 Å². The van der Waals surface area contributed by atoms with Crippen LogP contribution in [-0.4, -0.2) is 15.5 Å². The second-order valence-electron chi connectivity index (χ2n) is 4.54. The van der Waals surface area contributed by atoms with E-state index in [4.69, 9.17) is 4.74 Å². The Kier molecular flexibility index (Phi) is 4.59. The van der Waals surface area contributed by atoms with E-state index < -0.39 is 21.9 Å². The maximum Gasteiger partial charge on any atom is 0.241 e. The van der Waals surface area contributed by atoms with Crippen LogP contribution in [0.1, 0.15) is 18.5 Å². The third-order valence-corrected chi connectivity index (χ3v) is 4.62. The number of hydrogen-bond donors (Lipinski definition) is 1. The fourth-order valence-electron chi connectivity index (χ4n) is 2.00. The van der Waals surface area contributed by atoms with Crippen molar-refractivity contribution < 1.29 is 17.5 Å². The standard InChI is InChI=1S/C15H16FNO3S/c1-11(14-5-3-4-6-15(14)20-2)17-21(18,19)13-9-7-12(16)8-10-13/h3-11,17H,1-2H3. The molecule has 0 radical (unpaired) electrons. The van der Waals surface area contributed by atoms with Crippen LogP contribution in [0.5, 0.6) is 5.75 Å². The second-order valence-corrected chi connectivity index (χ2v) is 6.25. The molecule has 0 aliphatic carbocycles. The molecule has 0 fully saturated rings. The Labute approximate surface area is 123 Å². The van der Waals surface area contributed by atoms with Crippen molar-refractivity contribution in [2.24, 2.45) is 0 Å². The molecular weight excluding hydrogens is 293 g/mol. The number of methoxy groups -OCH3 is 1. The molecule has 0 spiro atoms. The molecule has 0 saturated carbocycles. The summed E-state index contributed by atoms with van der Waals surface area (Å²) in [6.45, 7) is 1.72. The first kappa shape index (κ1) is 15.5. The molecule has 6 heteroatoms. The predicted molar refractivity (Wildman–Crippen MR) is 78.1 cm³/mol. The van der Waals surface area contributed by atoms with E-state index in [1.807, 2.05) is 6.07 Å². The summed E-state index contributed by atoms with van der Waals surface area (Å²) in [6.07, 6.45) is 0. The van der Waals surface area contributed by atoms with Crippen molar-refractivity contribution >= 4 is 10.0 Å². The lowest BCUT2D eigenvalue weighted by Crippen LogP contribution is -2.27. The van der Waals surface area contributed by atoms with E-state index in [0.29, 0.717) is 5.75 Å². The highest BCUT2D eigenvalue weighted by atomic mass is 32.2. The normalized spacial score (nSPS) is 12.9. The van der Waals surface area contributed by atoms with Crippen molar-refractivity contribution in [1.29, 1.82) is 0 Å². The number of benzene rings is 2.